The monoisotopic (exact) mass is 519 g/mol. The van der Waals surface area contributed by atoms with Crippen LogP contribution in [0.3, 0.4) is 0 Å². The molecule has 1 aliphatic carbocycles. The third-order valence-corrected chi connectivity index (χ3v) is 7.05. The van der Waals surface area contributed by atoms with Gasteiger partial charge < -0.3 is 24.3 Å². The number of carbonyl (C=O) groups is 2. The number of Topliss-reactive ketones (excluding diaryl/α,β-unsaturated/α-hetero) is 1. The zero-order valence-electron chi connectivity index (χ0n) is 22.9. The SMILES string of the molecule is CCCOC(=O)C1=C(C)NC2=C(C(=O)CC(c3ccc(OC)cc3)C2)C1c1ccc(OCCC)c(OC)c1. The second-order valence-electron chi connectivity index (χ2n) is 9.69. The van der Waals surface area contributed by atoms with Crippen LogP contribution in [0.1, 0.15) is 69.4 Å². The van der Waals surface area contributed by atoms with E-state index in [-0.39, 0.29) is 11.7 Å². The van der Waals surface area contributed by atoms with Gasteiger partial charge in [0.25, 0.3) is 0 Å². The zero-order chi connectivity index (χ0) is 27.2. The molecule has 0 saturated carbocycles. The largest absolute Gasteiger partial charge is 0.497 e. The molecule has 202 valence electrons. The van der Waals surface area contributed by atoms with Crippen molar-refractivity contribution in [2.45, 2.75) is 58.3 Å². The maximum Gasteiger partial charge on any atom is 0.336 e. The quantitative estimate of drug-likeness (QED) is 0.397. The Bertz CT molecular complexity index is 1240. The van der Waals surface area contributed by atoms with Gasteiger partial charge in [-0.3, -0.25) is 4.79 Å². The standard InChI is InChI=1S/C31H37NO6/c1-6-14-37-26-13-10-21(18-27(26)36-5)29-28(31(34)38-15-7-2)19(3)32-24-16-22(17-25(33)30(24)29)20-8-11-23(35-4)12-9-20/h8-13,18,22,29,32H,6-7,14-17H2,1-5H3. The van der Waals surface area contributed by atoms with E-state index in [0.29, 0.717) is 60.8 Å². The number of allylic oxidation sites excluding steroid dienone is 3. The number of hydrogen-bond donors (Lipinski definition) is 1. The highest BCUT2D eigenvalue weighted by atomic mass is 16.5. The molecule has 2 aromatic carbocycles. The maximum absolute atomic E-state index is 13.8. The van der Waals surface area contributed by atoms with E-state index in [4.69, 9.17) is 18.9 Å². The predicted octanol–water partition coefficient (Wildman–Crippen LogP) is 5.81. The summed E-state index contributed by atoms with van der Waals surface area (Å²) in [6.07, 6.45) is 2.60. The fourth-order valence-corrected chi connectivity index (χ4v) is 5.22. The number of methoxy groups -OCH3 is 2. The Kier molecular flexibility index (Phi) is 8.77. The number of ketones is 1. The first-order chi connectivity index (χ1) is 18.4. The summed E-state index contributed by atoms with van der Waals surface area (Å²) in [5, 5.41) is 3.40. The highest BCUT2D eigenvalue weighted by molar-refractivity contribution is 6.04. The van der Waals surface area contributed by atoms with Crippen LogP contribution in [0.15, 0.2) is 65.0 Å². The summed E-state index contributed by atoms with van der Waals surface area (Å²) >= 11 is 0. The van der Waals surface area contributed by atoms with Gasteiger partial charge in [0.15, 0.2) is 17.3 Å². The third-order valence-electron chi connectivity index (χ3n) is 7.05. The van der Waals surface area contributed by atoms with Crippen molar-refractivity contribution >= 4 is 11.8 Å². The van der Waals surface area contributed by atoms with Gasteiger partial charge in [-0.1, -0.05) is 32.0 Å². The molecule has 7 heteroatoms. The van der Waals surface area contributed by atoms with Crippen LogP contribution in [0.5, 0.6) is 17.2 Å². The normalized spacial score (nSPS) is 19.0. The number of hydrogen-bond acceptors (Lipinski definition) is 7. The molecule has 0 fully saturated rings. The van der Waals surface area contributed by atoms with Crippen molar-refractivity contribution in [3.05, 3.63) is 76.1 Å². The Morgan fingerprint density at radius 1 is 0.921 bits per heavy atom. The van der Waals surface area contributed by atoms with Crippen LogP contribution in [-0.2, 0) is 14.3 Å². The summed E-state index contributed by atoms with van der Waals surface area (Å²) < 4.78 is 22.3. The van der Waals surface area contributed by atoms with Gasteiger partial charge in [0.1, 0.15) is 5.75 Å². The summed E-state index contributed by atoms with van der Waals surface area (Å²) in [6, 6.07) is 13.5. The number of carbonyl (C=O) groups excluding carboxylic acids is 2. The lowest BCUT2D eigenvalue weighted by atomic mass is 9.71. The van der Waals surface area contributed by atoms with Gasteiger partial charge in [0, 0.05) is 29.3 Å². The molecule has 0 bridgehead atoms. The van der Waals surface area contributed by atoms with Crippen LogP contribution in [0.4, 0.5) is 0 Å². The summed E-state index contributed by atoms with van der Waals surface area (Å²) in [5.74, 6) is 1.05. The Morgan fingerprint density at radius 2 is 1.63 bits per heavy atom. The fourth-order valence-electron chi connectivity index (χ4n) is 5.22. The van der Waals surface area contributed by atoms with Gasteiger partial charge in [-0.25, -0.2) is 4.79 Å². The molecule has 2 aromatic rings. The Hall–Kier alpha value is -3.74. The summed E-state index contributed by atoms with van der Waals surface area (Å²) in [7, 11) is 3.23. The van der Waals surface area contributed by atoms with Crippen molar-refractivity contribution in [2.24, 2.45) is 0 Å². The Balaban J connectivity index is 1.77. The van der Waals surface area contributed by atoms with Crippen LogP contribution in [-0.4, -0.2) is 39.2 Å². The number of rotatable bonds is 10. The smallest absolute Gasteiger partial charge is 0.336 e. The topological polar surface area (TPSA) is 83.1 Å². The van der Waals surface area contributed by atoms with Crippen LogP contribution >= 0.6 is 0 Å². The molecule has 1 aliphatic heterocycles. The van der Waals surface area contributed by atoms with E-state index in [1.54, 1.807) is 14.2 Å². The van der Waals surface area contributed by atoms with E-state index < -0.39 is 11.9 Å². The van der Waals surface area contributed by atoms with E-state index in [2.05, 4.69) is 5.32 Å². The van der Waals surface area contributed by atoms with E-state index >= 15 is 0 Å². The highest BCUT2D eigenvalue weighted by Gasteiger charge is 2.41. The van der Waals surface area contributed by atoms with Crippen molar-refractivity contribution < 1.29 is 28.5 Å². The zero-order valence-corrected chi connectivity index (χ0v) is 22.9. The molecule has 2 atom stereocenters. The second-order valence-corrected chi connectivity index (χ2v) is 9.69. The molecule has 2 aliphatic rings. The average Bonchev–Trinajstić information content (AvgIpc) is 2.93. The summed E-state index contributed by atoms with van der Waals surface area (Å²) in [5.41, 5.74) is 4.49. The molecule has 4 rings (SSSR count). The minimum absolute atomic E-state index is 0.0168. The third kappa shape index (κ3) is 5.57. The van der Waals surface area contributed by atoms with Gasteiger partial charge >= 0.3 is 5.97 Å². The molecular weight excluding hydrogens is 482 g/mol. The lowest BCUT2D eigenvalue weighted by molar-refractivity contribution is -0.139. The average molecular weight is 520 g/mol. The first-order valence-electron chi connectivity index (χ1n) is 13.3. The summed E-state index contributed by atoms with van der Waals surface area (Å²) in [4.78, 5) is 27.1. The highest BCUT2D eigenvalue weighted by Crippen LogP contribution is 2.47. The van der Waals surface area contributed by atoms with E-state index in [1.807, 2.05) is 63.2 Å². The lowest BCUT2D eigenvalue weighted by Crippen LogP contribution is -2.36. The van der Waals surface area contributed by atoms with Crippen molar-refractivity contribution in [1.29, 1.82) is 0 Å². The Morgan fingerprint density at radius 3 is 2.29 bits per heavy atom. The van der Waals surface area contributed by atoms with Crippen LogP contribution in [0.2, 0.25) is 0 Å². The fraction of sp³-hybridized carbons (Fsp3) is 0.419. The van der Waals surface area contributed by atoms with Gasteiger partial charge in [-0.05, 0) is 67.5 Å². The molecule has 2 unspecified atom stereocenters. The van der Waals surface area contributed by atoms with Gasteiger partial charge in [0.05, 0.1) is 33.0 Å². The molecule has 1 heterocycles. The van der Waals surface area contributed by atoms with Crippen molar-refractivity contribution in [3.8, 4) is 17.2 Å². The Labute approximate surface area is 224 Å². The molecule has 38 heavy (non-hydrogen) atoms. The maximum atomic E-state index is 13.8. The van der Waals surface area contributed by atoms with Gasteiger partial charge in [-0.15, -0.1) is 0 Å². The number of nitrogens with one attached hydrogen (secondary N) is 1. The van der Waals surface area contributed by atoms with Crippen LogP contribution in [0.25, 0.3) is 0 Å². The van der Waals surface area contributed by atoms with E-state index in [1.165, 1.54) is 0 Å². The molecule has 0 aromatic heterocycles. The van der Waals surface area contributed by atoms with Crippen molar-refractivity contribution in [3.63, 3.8) is 0 Å². The van der Waals surface area contributed by atoms with Gasteiger partial charge in [-0.2, -0.15) is 0 Å². The molecule has 7 nitrogen and oxygen atoms in total. The van der Waals surface area contributed by atoms with Crippen LogP contribution < -0.4 is 19.5 Å². The summed E-state index contributed by atoms with van der Waals surface area (Å²) in [6.45, 7) is 6.75. The molecular formula is C31H37NO6. The minimum atomic E-state index is -0.561. The van der Waals surface area contributed by atoms with Crippen LogP contribution in [0, 0.1) is 0 Å². The van der Waals surface area contributed by atoms with Crippen molar-refractivity contribution in [1.82, 2.24) is 5.32 Å². The van der Waals surface area contributed by atoms with Gasteiger partial charge in [0.2, 0.25) is 0 Å². The number of dihydropyridines is 1. The van der Waals surface area contributed by atoms with E-state index in [0.717, 1.165) is 29.0 Å². The first kappa shape index (κ1) is 27.3. The second kappa shape index (κ2) is 12.2. The molecule has 0 saturated heterocycles. The number of ether oxygens (including phenoxy) is 4. The first-order valence-corrected chi connectivity index (χ1v) is 13.3. The predicted molar refractivity (Wildman–Crippen MR) is 146 cm³/mol. The molecule has 0 amide bonds. The van der Waals surface area contributed by atoms with Crippen molar-refractivity contribution in [2.75, 3.05) is 27.4 Å². The number of benzene rings is 2. The molecule has 1 N–H and O–H groups in total. The minimum Gasteiger partial charge on any atom is -0.497 e. The number of esters is 1. The lowest BCUT2D eigenvalue weighted by Gasteiger charge is -2.37. The van der Waals surface area contributed by atoms with E-state index in [9.17, 15) is 9.59 Å². The molecule has 0 radical (unpaired) electrons. The molecule has 0 spiro atoms.